The topological polar surface area (TPSA) is 88.5 Å². The van der Waals surface area contributed by atoms with E-state index < -0.39 is 11.9 Å². The standard InChI is InChI=1S/C13H14N2O4/c1-7(16)15-11-4-3-8(18-2)5-9(11)10-6-19-13(17)12(10)14/h3-5,10,14H,6H2,1-2H3,(H,15,16). The third-order valence-electron chi connectivity index (χ3n) is 2.89. The van der Waals surface area contributed by atoms with E-state index in [1.807, 2.05) is 0 Å². The predicted molar refractivity (Wildman–Crippen MR) is 68.7 cm³/mol. The number of anilines is 1. The van der Waals surface area contributed by atoms with Crippen molar-refractivity contribution in [2.24, 2.45) is 0 Å². The van der Waals surface area contributed by atoms with Crippen LogP contribution in [0.3, 0.4) is 0 Å². The number of esters is 1. The lowest BCUT2D eigenvalue weighted by Gasteiger charge is -2.15. The van der Waals surface area contributed by atoms with Crippen LogP contribution in [0.2, 0.25) is 0 Å². The Morgan fingerprint density at radius 2 is 2.26 bits per heavy atom. The van der Waals surface area contributed by atoms with Crippen molar-refractivity contribution in [2.45, 2.75) is 12.8 Å². The average Bonchev–Trinajstić information content (AvgIpc) is 2.70. The highest BCUT2D eigenvalue weighted by molar-refractivity contribution is 6.39. The van der Waals surface area contributed by atoms with Gasteiger partial charge in [-0.15, -0.1) is 0 Å². The van der Waals surface area contributed by atoms with Gasteiger partial charge in [-0.05, 0) is 23.8 Å². The number of hydrogen-bond acceptors (Lipinski definition) is 5. The quantitative estimate of drug-likeness (QED) is 0.804. The maximum absolute atomic E-state index is 11.3. The van der Waals surface area contributed by atoms with E-state index in [2.05, 4.69) is 5.32 Å². The van der Waals surface area contributed by atoms with E-state index in [4.69, 9.17) is 14.9 Å². The summed E-state index contributed by atoms with van der Waals surface area (Å²) in [7, 11) is 1.53. The fourth-order valence-corrected chi connectivity index (χ4v) is 1.97. The highest BCUT2D eigenvalue weighted by atomic mass is 16.5. The van der Waals surface area contributed by atoms with Gasteiger partial charge >= 0.3 is 5.97 Å². The minimum atomic E-state index is -0.624. The summed E-state index contributed by atoms with van der Waals surface area (Å²) in [5, 5.41) is 10.4. The number of carbonyl (C=O) groups is 2. The van der Waals surface area contributed by atoms with E-state index >= 15 is 0 Å². The van der Waals surface area contributed by atoms with E-state index in [0.717, 1.165) is 0 Å². The van der Waals surface area contributed by atoms with Gasteiger partial charge in [-0.3, -0.25) is 10.2 Å². The molecule has 1 aromatic carbocycles. The first-order valence-electron chi connectivity index (χ1n) is 5.74. The number of hydrogen-bond donors (Lipinski definition) is 2. The number of ether oxygens (including phenoxy) is 2. The third-order valence-corrected chi connectivity index (χ3v) is 2.89. The van der Waals surface area contributed by atoms with Crippen molar-refractivity contribution in [1.82, 2.24) is 0 Å². The molecular formula is C13H14N2O4. The summed E-state index contributed by atoms with van der Waals surface area (Å²) >= 11 is 0. The molecule has 6 heteroatoms. The molecule has 1 aliphatic rings. The Balaban J connectivity index is 2.43. The molecule has 0 aliphatic carbocycles. The molecular weight excluding hydrogens is 248 g/mol. The fraction of sp³-hybridized carbons (Fsp3) is 0.308. The van der Waals surface area contributed by atoms with Crippen molar-refractivity contribution in [2.75, 3.05) is 19.0 Å². The SMILES string of the molecule is COc1ccc(NC(C)=O)c(C2COC(=O)C2=N)c1. The maximum atomic E-state index is 11.3. The Morgan fingerprint density at radius 1 is 1.53 bits per heavy atom. The molecule has 1 unspecified atom stereocenters. The zero-order valence-electron chi connectivity index (χ0n) is 10.6. The molecule has 1 fully saturated rings. The van der Waals surface area contributed by atoms with Crippen molar-refractivity contribution in [3.8, 4) is 5.75 Å². The van der Waals surface area contributed by atoms with Crippen LogP contribution in [0.25, 0.3) is 0 Å². The van der Waals surface area contributed by atoms with Crippen molar-refractivity contribution < 1.29 is 19.1 Å². The van der Waals surface area contributed by atoms with Crippen LogP contribution in [0, 0.1) is 5.41 Å². The zero-order chi connectivity index (χ0) is 14.0. The molecule has 1 amide bonds. The lowest BCUT2D eigenvalue weighted by atomic mass is 9.94. The number of amides is 1. The van der Waals surface area contributed by atoms with Gasteiger partial charge in [0.15, 0.2) is 0 Å². The highest BCUT2D eigenvalue weighted by Crippen LogP contribution is 2.32. The van der Waals surface area contributed by atoms with Gasteiger partial charge in [0.25, 0.3) is 0 Å². The van der Waals surface area contributed by atoms with Gasteiger partial charge in [0, 0.05) is 12.6 Å². The lowest BCUT2D eigenvalue weighted by molar-refractivity contribution is -0.132. The summed E-state index contributed by atoms with van der Waals surface area (Å²) < 4.78 is 9.98. The van der Waals surface area contributed by atoms with E-state index in [0.29, 0.717) is 17.0 Å². The number of cyclic esters (lactones) is 1. The van der Waals surface area contributed by atoms with Crippen molar-refractivity contribution >= 4 is 23.3 Å². The van der Waals surface area contributed by atoms with Crippen LogP contribution in [0.5, 0.6) is 5.75 Å². The molecule has 100 valence electrons. The molecule has 1 aromatic rings. The summed E-state index contributed by atoms with van der Waals surface area (Å²) in [5.74, 6) is -0.731. The molecule has 6 nitrogen and oxygen atoms in total. The minimum absolute atomic E-state index is 0.109. The van der Waals surface area contributed by atoms with Gasteiger partial charge in [0.2, 0.25) is 5.91 Å². The Kier molecular flexibility index (Phi) is 3.50. The molecule has 2 N–H and O–H groups in total. The highest BCUT2D eigenvalue weighted by Gasteiger charge is 2.34. The van der Waals surface area contributed by atoms with Crippen molar-refractivity contribution in [3.05, 3.63) is 23.8 Å². The van der Waals surface area contributed by atoms with Crippen LogP contribution in [-0.2, 0) is 14.3 Å². The smallest absolute Gasteiger partial charge is 0.352 e. The van der Waals surface area contributed by atoms with Gasteiger partial charge < -0.3 is 14.8 Å². The number of carbonyl (C=O) groups excluding carboxylic acids is 2. The first-order valence-corrected chi connectivity index (χ1v) is 5.74. The molecule has 0 saturated carbocycles. The number of nitrogens with one attached hydrogen (secondary N) is 2. The molecule has 1 heterocycles. The van der Waals surface area contributed by atoms with Crippen LogP contribution in [0.4, 0.5) is 5.69 Å². The van der Waals surface area contributed by atoms with Gasteiger partial charge in [-0.1, -0.05) is 0 Å². The Labute approximate surface area is 110 Å². The summed E-state index contributed by atoms with van der Waals surface area (Å²) in [6.07, 6.45) is 0. The van der Waals surface area contributed by atoms with E-state index in [9.17, 15) is 9.59 Å². The number of benzene rings is 1. The Hall–Kier alpha value is -2.37. The Bertz CT molecular complexity index is 554. The molecule has 0 radical (unpaired) electrons. The van der Waals surface area contributed by atoms with Gasteiger partial charge in [-0.25, -0.2) is 4.79 Å². The second kappa shape index (κ2) is 5.09. The van der Waals surface area contributed by atoms with E-state index in [1.165, 1.54) is 14.0 Å². The average molecular weight is 262 g/mol. The minimum Gasteiger partial charge on any atom is -0.497 e. The van der Waals surface area contributed by atoms with Crippen molar-refractivity contribution in [3.63, 3.8) is 0 Å². The lowest BCUT2D eigenvalue weighted by Crippen LogP contribution is -2.16. The molecule has 2 rings (SSSR count). The molecule has 1 aliphatic heterocycles. The predicted octanol–water partition coefficient (Wildman–Crippen LogP) is 1.31. The normalized spacial score (nSPS) is 18.1. The molecule has 0 bridgehead atoms. The van der Waals surface area contributed by atoms with Gasteiger partial charge in [0.05, 0.1) is 13.0 Å². The first-order chi connectivity index (χ1) is 9.02. The van der Waals surface area contributed by atoms with Crippen LogP contribution >= 0.6 is 0 Å². The van der Waals surface area contributed by atoms with Gasteiger partial charge in [-0.2, -0.15) is 0 Å². The summed E-state index contributed by atoms with van der Waals surface area (Å²) in [6.45, 7) is 1.51. The van der Waals surface area contributed by atoms with Crippen molar-refractivity contribution in [1.29, 1.82) is 5.41 Å². The van der Waals surface area contributed by atoms with E-state index in [1.54, 1.807) is 18.2 Å². The Morgan fingerprint density at radius 3 is 2.79 bits per heavy atom. The van der Waals surface area contributed by atoms with Crippen LogP contribution in [0.15, 0.2) is 18.2 Å². The second-order valence-corrected chi connectivity index (χ2v) is 4.20. The third kappa shape index (κ3) is 2.57. The van der Waals surface area contributed by atoms with Gasteiger partial charge in [0.1, 0.15) is 18.1 Å². The molecule has 0 spiro atoms. The number of rotatable bonds is 3. The maximum Gasteiger partial charge on any atom is 0.352 e. The van der Waals surface area contributed by atoms with Crippen LogP contribution < -0.4 is 10.1 Å². The van der Waals surface area contributed by atoms with Crippen LogP contribution in [-0.4, -0.2) is 31.3 Å². The molecule has 1 saturated heterocycles. The fourth-order valence-electron chi connectivity index (χ4n) is 1.97. The molecule has 0 aromatic heterocycles. The summed E-state index contributed by atoms with van der Waals surface area (Å²) in [6, 6.07) is 5.09. The number of methoxy groups -OCH3 is 1. The molecule has 19 heavy (non-hydrogen) atoms. The largest absolute Gasteiger partial charge is 0.497 e. The first kappa shape index (κ1) is 13.1. The zero-order valence-corrected chi connectivity index (χ0v) is 10.6. The summed E-state index contributed by atoms with van der Waals surface area (Å²) in [4.78, 5) is 22.5. The van der Waals surface area contributed by atoms with E-state index in [-0.39, 0.29) is 18.2 Å². The molecule has 1 atom stereocenters. The monoisotopic (exact) mass is 262 g/mol. The van der Waals surface area contributed by atoms with Crippen LogP contribution in [0.1, 0.15) is 18.4 Å². The summed E-state index contributed by atoms with van der Waals surface area (Å²) in [5.41, 5.74) is 1.09. The second-order valence-electron chi connectivity index (χ2n) is 4.20.